The lowest BCUT2D eigenvalue weighted by atomic mass is 10.1. The Bertz CT molecular complexity index is 1030. The molecule has 0 bridgehead atoms. The van der Waals surface area contributed by atoms with Gasteiger partial charge in [0, 0.05) is 31.6 Å². The molecule has 0 aliphatic heterocycles. The maximum Gasteiger partial charge on any atom is 0.276 e. The van der Waals surface area contributed by atoms with Gasteiger partial charge in [0.25, 0.3) is 11.8 Å². The van der Waals surface area contributed by atoms with Gasteiger partial charge in [0.1, 0.15) is 5.75 Å². The van der Waals surface area contributed by atoms with Crippen LogP contribution in [-0.2, 0) is 14.8 Å². The largest absolute Gasteiger partial charge is 0.484 e. The number of benzene rings is 2. The van der Waals surface area contributed by atoms with Gasteiger partial charge in [0.15, 0.2) is 12.4 Å². The highest BCUT2D eigenvalue weighted by Gasteiger charge is 2.19. The number of ether oxygens (including phenoxy) is 1. The number of sulfonamides is 1. The monoisotopic (exact) mass is 433 g/mol. The Morgan fingerprint density at radius 1 is 0.967 bits per heavy atom. The van der Waals surface area contributed by atoms with Crippen LogP contribution >= 0.6 is 0 Å². The molecule has 0 unspecified atom stereocenters. The van der Waals surface area contributed by atoms with Crippen LogP contribution in [0.4, 0.5) is 0 Å². The molecule has 0 saturated carbocycles. The van der Waals surface area contributed by atoms with Crippen molar-refractivity contribution in [2.24, 2.45) is 0 Å². The molecule has 30 heavy (non-hydrogen) atoms. The first kappa shape index (κ1) is 23.0. The lowest BCUT2D eigenvalue weighted by Gasteiger charge is -2.12. The fourth-order valence-corrected chi connectivity index (χ4v) is 3.28. The first-order valence-corrected chi connectivity index (χ1v) is 10.5. The number of carbonyl (C=O) groups is 3. The molecule has 9 nitrogen and oxygen atoms in total. The zero-order valence-electron chi connectivity index (χ0n) is 16.8. The summed E-state index contributed by atoms with van der Waals surface area (Å²) in [5.41, 5.74) is 5.02. The second-order valence-corrected chi connectivity index (χ2v) is 8.56. The summed E-state index contributed by atoms with van der Waals surface area (Å²) < 4.78 is 30.7. The van der Waals surface area contributed by atoms with Crippen molar-refractivity contribution in [3.8, 4) is 5.75 Å². The summed E-state index contributed by atoms with van der Waals surface area (Å²) in [4.78, 5) is 35.6. The summed E-state index contributed by atoms with van der Waals surface area (Å²) in [7, 11) is -0.916. The van der Waals surface area contributed by atoms with Gasteiger partial charge >= 0.3 is 0 Å². The molecule has 160 valence electrons. The average Bonchev–Trinajstić information content (AvgIpc) is 2.75. The van der Waals surface area contributed by atoms with E-state index < -0.39 is 21.8 Å². The van der Waals surface area contributed by atoms with Gasteiger partial charge in [0.2, 0.25) is 10.0 Å². The SMILES string of the molecule is CCC(=O)c1ccc(OCC(=O)NNC(=O)c2cccc(S(=O)(=O)N(C)C)c2)cc1. The zero-order chi connectivity index (χ0) is 22.3. The highest BCUT2D eigenvalue weighted by Crippen LogP contribution is 2.15. The van der Waals surface area contributed by atoms with E-state index in [0.29, 0.717) is 17.7 Å². The third-order valence-corrected chi connectivity index (χ3v) is 5.87. The lowest BCUT2D eigenvalue weighted by molar-refractivity contribution is -0.123. The first-order chi connectivity index (χ1) is 14.1. The minimum atomic E-state index is -3.69. The molecule has 0 aromatic heterocycles. The molecule has 2 aromatic rings. The molecule has 0 aliphatic rings. The smallest absolute Gasteiger partial charge is 0.276 e. The number of rotatable bonds is 8. The highest BCUT2D eigenvalue weighted by atomic mass is 32.2. The number of hydrogen-bond donors (Lipinski definition) is 2. The van der Waals surface area contributed by atoms with Gasteiger partial charge < -0.3 is 4.74 Å². The number of nitrogens with zero attached hydrogens (tertiary/aromatic N) is 1. The van der Waals surface area contributed by atoms with Crippen molar-refractivity contribution in [1.29, 1.82) is 0 Å². The van der Waals surface area contributed by atoms with E-state index in [0.717, 1.165) is 4.31 Å². The van der Waals surface area contributed by atoms with Crippen molar-refractivity contribution in [3.05, 3.63) is 59.7 Å². The molecule has 2 amide bonds. The van der Waals surface area contributed by atoms with Crippen LogP contribution < -0.4 is 15.6 Å². The third kappa shape index (κ3) is 5.88. The third-order valence-electron chi connectivity index (χ3n) is 4.06. The summed E-state index contributed by atoms with van der Waals surface area (Å²) in [5, 5.41) is 0. The van der Waals surface area contributed by atoms with Crippen LogP contribution in [0.1, 0.15) is 34.1 Å². The predicted octanol–water partition coefficient (Wildman–Crippen LogP) is 1.37. The van der Waals surface area contributed by atoms with E-state index >= 15 is 0 Å². The Morgan fingerprint density at radius 2 is 1.63 bits per heavy atom. The minimum absolute atomic E-state index is 0.00413. The topological polar surface area (TPSA) is 122 Å². The molecular formula is C20H23N3O6S. The maximum absolute atomic E-state index is 12.2. The molecule has 0 aliphatic carbocycles. The summed E-state index contributed by atoms with van der Waals surface area (Å²) in [6.07, 6.45) is 0.395. The fourth-order valence-electron chi connectivity index (χ4n) is 2.33. The molecule has 0 heterocycles. The number of hydrazine groups is 1. The van der Waals surface area contributed by atoms with Gasteiger partial charge in [-0.2, -0.15) is 0 Å². The van der Waals surface area contributed by atoms with E-state index in [1.807, 2.05) is 0 Å². The average molecular weight is 433 g/mol. The van der Waals surface area contributed by atoms with Crippen molar-refractivity contribution in [2.75, 3.05) is 20.7 Å². The van der Waals surface area contributed by atoms with E-state index in [2.05, 4.69) is 10.9 Å². The van der Waals surface area contributed by atoms with Crippen LogP contribution in [-0.4, -0.2) is 51.0 Å². The molecule has 0 atom stereocenters. The Morgan fingerprint density at radius 3 is 2.23 bits per heavy atom. The zero-order valence-corrected chi connectivity index (χ0v) is 17.7. The van der Waals surface area contributed by atoms with Crippen molar-refractivity contribution >= 4 is 27.6 Å². The number of ketones is 1. The molecule has 2 N–H and O–H groups in total. The van der Waals surface area contributed by atoms with Crippen molar-refractivity contribution < 1.29 is 27.5 Å². The first-order valence-electron chi connectivity index (χ1n) is 9.03. The predicted molar refractivity (Wildman–Crippen MR) is 109 cm³/mol. The van der Waals surface area contributed by atoms with Gasteiger partial charge in [-0.15, -0.1) is 0 Å². The minimum Gasteiger partial charge on any atom is -0.484 e. The number of hydrogen-bond acceptors (Lipinski definition) is 6. The van der Waals surface area contributed by atoms with Crippen LogP contribution in [0.3, 0.4) is 0 Å². The Labute approximate surface area is 175 Å². The van der Waals surface area contributed by atoms with Gasteiger partial charge in [-0.1, -0.05) is 13.0 Å². The molecule has 0 saturated heterocycles. The highest BCUT2D eigenvalue weighted by molar-refractivity contribution is 7.89. The van der Waals surface area contributed by atoms with Gasteiger partial charge in [0.05, 0.1) is 4.90 Å². The summed E-state index contributed by atoms with van der Waals surface area (Å²) in [5.74, 6) is -0.897. The Balaban J connectivity index is 1.89. The molecule has 2 rings (SSSR count). The second kappa shape index (κ2) is 9.99. The summed E-state index contributed by atoms with van der Waals surface area (Å²) in [6.45, 7) is 1.40. The van der Waals surface area contributed by atoms with Crippen LogP contribution in [0.5, 0.6) is 5.75 Å². The number of Topliss-reactive ketones (excluding diaryl/α,β-unsaturated/α-hetero) is 1. The number of carbonyl (C=O) groups excluding carboxylic acids is 3. The molecule has 2 aromatic carbocycles. The van der Waals surface area contributed by atoms with E-state index in [4.69, 9.17) is 4.74 Å². The summed E-state index contributed by atoms with van der Waals surface area (Å²) in [6, 6.07) is 11.8. The molecular weight excluding hydrogens is 410 g/mol. The van der Waals surface area contributed by atoms with Crippen molar-refractivity contribution in [3.63, 3.8) is 0 Å². The molecule has 0 fully saturated rings. The van der Waals surface area contributed by atoms with E-state index in [1.54, 1.807) is 31.2 Å². The fraction of sp³-hybridized carbons (Fsp3) is 0.250. The van der Waals surface area contributed by atoms with E-state index in [-0.39, 0.29) is 22.8 Å². The van der Waals surface area contributed by atoms with E-state index in [1.165, 1.54) is 38.4 Å². The van der Waals surface area contributed by atoms with Crippen molar-refractivity contribution in [1.82, 2.24) is 15.2 Å². The van der Waals surface area contributed by atoms with Crippen LogP contribution in [0.2, 0.25) is 0 Å². The van der Waals surface area contributed by atoms with Gasteiger partial charge in [-0.05, 0) is 42.5 Å². The number of nitrogens with one attached hydrogen (secondary N) is 2. The second-order valence-electron chi connectivity index (χ2n) is 6.41. The van der Waals surface area contributed by atoms with Crippen LogP contribution in [0.15, 0.2) is 53.4 Å². The lowest BCUT2D eigenvalue weighted by Crippen LogP contribution is -2.43. The molecule has 10 heteroatoms. The Kier molecular flexibility index (Phi) is 7.67. The van der Waals surface area contributed by atoms with E-state index in [9.17, 15) is 22.8 Å². The standard InChI is InChI=1S/C20H23N3O6S/c1-4-18(24)14-8-10-16(11-9-14)29-13-19(25)21-22-20(26)15-6-5-7-17(12-15)30(27,28)23(2)3/h5-12H,4,13H2,1-3H3,(H,21,25)(H,22,26). The normalized spacial score (nSPS) is 11.1. The molecule has 0 radical (unpaired) electrons. The van der Waals surface area contributed by atoms with Crippen LogP contribution in [0.25, 0.3) is 0 Å². The van der Waals surface area contributed by atoms with Gasteiger partial charge in [-0.25, -0.2) is 12.7 Å². The molecule has 0 spiro atoms. The van der Waals surface area contributed by atoms with Crippen molar-refractivity contribution in [2.45, 2.75) is 18.2 Å². The Hall–Kier alpha value is -3.24. The van der Waals surface area contributed by atoms with Gasteiger partial charge in [-0.3, -0.25) is 25.2 Å². The van der Waals surface area contributed by atoms with Crippen LogP contribution in [0, 0.1) is 0 Å². The maximum atomic E-state index is 12.2. The quantitative estimate of drug-likeness (QED) is 0.479. The summed E-state index contributed by atoms with van der Waals surface area (Å²) >= 11 is 0. The number of amides is 2.